The summed E-state index contributed by atoms with van der Waals surface area (Å²) in [6, 6.07) is 7.08. The van der Waals surface area contributed by atoms with E-state index in [1.165, 1.54) is 25.0 Å². The van der Waals surface area contributed by atoms with E-state index >= 15 is 0 Å². The molecule has 4 heteroatoms. The van der Waals surface area contributed by atoms with Gasteiger partial charge in [0.15, 0.2) is 0 Å². The first-order chi connectivity index (χ1) is 9.20. The molecule has 1 saturated heterocycles. The van der Waals surface area contributed by atoms with Crippen LogP contribution in [-0.4, -0.2) is 31.1 Å². The SMILES string of the molecule is CN(Cc1ccc(F)cc1C#N)C1CCCNCC1. The highest BCUT2D eigenvalue weighted by Crippen LogP contribution is 2.17. The predicted molar refractivity (Wildman–Crippen MR) is 73.1 cm³/mol. The van der Waals surface area contributed by atoms with E-state index in [0.717, 1.165) is 25.1 Å². The molecule has 2 rings (SSSR count). The van der Waals surface area contributed by atoms with Gasteiger partial charge in [0.2, 0.25) is 0 Å². The zero-order valence-corrected chi connectivity index (χ0v) is 11.3. The number of nitriles is 1. The number of benzene rings is 1. The summed E-state index contributed by atoms with van der Waals surface area (Å²) >= 11 is 0. The molecule has 1 N–H and O–H groups in total. The minimum atomic E-state index is -0.346. The van der Waals surface area contributed by atoms with Crippen molar-refractivity contribution in [1.29, 1.82) is 5.26 Å². The second-order valence-corrected chi connectivity index (χ2v) is 5.16. The molecule has 0 bridgehead atoms. The summed E-state index contributed by atoms with van der Waals surface area (Å²) in [5, 5.41) is 12.5. The summed E-state index contributed by atoms with van der Waals surface area (Å²) in [7, 11) is 2.08. The average molecular weight is 261 g/mol. The maximum absolute atomic E-state index is 13.1. The third-order valence-electron chi connectivity index (χ3n) is 3.78. The summed E-state index contributed by atoms with van der Waals surface area (Å²) in [5.74, 6) is -0.346. The molecule has 102 valence electrons. The zero-order valence-electron chi connectivity index (χ0n) is 11.3. The lowest BCUT2D eigenvalue weighted by atomic mass is 10.0. The van der Waals surface area contributed by atoms with Crippen LogP contribution in [0, 0.1) is 17.1 Å². The van der Waals surface area contributed by atoms with E-state index in [9.17, 15) is 4.39 Å². The molecule has 0 saturated carbocycles. The molecule has 1 aliphatic rings. The fraction of sp³-hybridized carbons (Fsp3) is 0.533. The molecular weight excluding hydrogens is 241 g/mol. The number of nitrogens with zero attached hydrogens (tertiary/aromatic N) is 2. The molecule has 0 spiro atoms. The summed E-state index contributed by atoms with van der Waals surface area (Å²) in [6.45, 7) is 2.84. The normalized spacial score (nSPS) is 20.0. The van der Waals surface area contributed by atoms with Crippen LogP contribution in [0.4, 0.5) is 4.39 Å². The van der Waals surface area contributed by atoms with Crippen LogP contribution in [0.15, 0.2) is 18.2 Å². The van der Waals surface area contributed by atoms with Gasteiger partial charge in [0.1, 0.15) is 5.82 Å². The van der Waals surface area contributed by atoms with Gasteiger partial charge in [0.05, 0.1) is 11.6 Å². The maximum Gasteiger partial charge on any atom is 0.124 e. The van der Waals surface area contributed by atoms with Gasteiger partial charge >= 0.3 is 0 Å². The quantitative estimate of drug-likeness (QED) is 0.907. The fourth-order valence-corrected chi connectivity index (χ4v) is 2.63. The smallest absolute Gasteiger partial charge is 0.124 e. The fourth-order valence-electron chi connectivity index (χ4n) is 2.63. The van der Waals surface area contributed by atoms with E-state index in [1.807, 2.05) is 0 Å². The number of halogens is 1. The van der Waals surface area contributed by atoms with Crippen LogP contribution in [0.5, 0.6) is 0 Å². The van der Waals surface area contributed by atoms with Crippen LogP contribution >= 0.6 is 0 Å². The van der Waals surface area contributed by atoms with Crippen molar-refractivity contribution < 1.29 is 4.39 Å². The molecule has 0 aliphatic carbocycles. The molecule has 19 heavy (non-hydrogen) atoms. The van der Waals surface area contributed by atoms with Gasteiger partial charge in [-0.05, 0) is 57.1 Å². The van der Waals surface area contributed by atoms with Crippen LogP contribution in [0.2, 0.25) is 0 Å². The van der Waals surface area contributed by atoms with Crippen molar-refractivity contribution in [2.24, 2.45) is 0 Å². The van der Waals surface area contributed by atoms with Gasteiger partial charge in [0, 0.05) is 12.6 Å². The van der Waals surface area contributed by atoms with Crippen molar-refractivity contribution >= 4 is 0 Å². The van der Waals surface area contributed by atoms with Gasteiger partial charge < -0.3 is 5.32 Å². The minimum absolute atomic E-state index is 0.346. The standard InChI is InChI=1S/C15H20FN3/c1-19(15-3-2-7-18-8-6-15)11-12-4-5-14(16)9-13(12)10-17/h4-5,9,15,18H,2-3,6-8,11H2,1H3. The minimum Gasteiger partial charge on any atom is -0.317 e. The van der Waals surface area contributed by atoms with Gasteiger partial charge in [-0.2, -0.15) is 5.26 Å². The summed E-state index contributed by atoms with van der Waals surface area (Å²) in [6.07, 6.45) is 3.48. The first kappa shape index (κ1) is 14.0. The first-order valence-corrected chi connectivity index (χ1v) is 6.80. The van der Waals surface area contributed by atoms with E-state index in [-0.39, 0.29) is 5.82 Å². The van der Waals surface area contributed by atoms with Crippen molar-refractivity contribution in [3.8, 4) is 6.07 Å². The molecule has 0 radical (unpaired) electrons. The summed E-state index contributed by atoms with van der Waals surface area (Å²) in [4.78, 5) is 2.28. The van der Waals surface area contributed by atoms with E-state index in [1.54, 1.807) is 6.07 Å². The largest absolute Gasteiger partial charge is 0.317 e. The highest BCUT2D eigenvalue weighted by atomic mass is 19.1. The summed E-state index contributed by atoms with van der Waals surface area (Å²) in [5.41, 5.74) is 1.35. The molecule has 1 atom stereocenters. The molecule has 1 aromatic carbocycles. The molecule has 1 aliphatic heterocycles. The van der Waals surface area contributed by atoms with E-state index in [4.69, 9.17) is 5.26 Å². The maximum atomic E-state index is 13.1. The van der Waals surface area contributed by atoms with Crippen molar-refractivity contribution in [3.05, 3.63) is 35.1 Å². The second kappa shape index (κ2) is 6.65. The molecule has 3 nitrogen and oxygen atoms in total. The highest BCUT2D eigenvalue weighted by Gasteiger charge is 2.17. The Hall–Kier alpha value is -1.44. The molecule has 1 unspecified atom stereocenters. The van der Waals surface area contributed by atoms with Crippen molar-refractivity contribution in [2.75, 3.05) is 20.1 Å². The van der Waals surface area contributed by atoms with Crippen LogP contribution in [-0.2, 0) is 6.54 Å². The van der Waals surface area contributed by atoms with Crippen LogP contribution in [0.1, 0.15) is 30.4 Å². The topological polar surface area (TPSA) is 39.1 Å². The number of hydrogen-bond acceptors (Lipinski definition) is 3. The predicted octanol–water partition coefficient (Wildman–Crippen LogP) is 2.27. The van der Waals surface area contributed by atoms with Crippen LogP contribution < -0.4 is 5.32 Å². The van der Waals surface area contributed by atoms with Gasteiger partial charge in [-0.3, -0.25) is 4.90 Å². The average Bonchev–Trinajstić information content (AvgIpc) is 2.69. The molecular formula is C15H20FN3. The Morgan fingerprint density at radius 2 is 2.26 bits per heavy atom. The Balaban J connectivity index is 2.05. The lowest BCUT2D eigenvalue weighted by molar-refractivity contribution is 0.216. The van der Waals surface area contributed by atoms with Gasteiger partial charge in [0.25, 0.3) is 0 Å². The molecule has 1 heterocycles. The first-order valence-electron chi connectivity index (χ1n) is 6.80. The number of hydrogen-bond donors (Lipinski definition) is 1. The van der Waals surface area contributed by atoms with Crippen molar-refractivity contribution in [2.45, 2.75) is 31.8 Å². The Labute approximate surface area is 114 Å². The van der Waals surface area contributed by atoms with Crippen LogP contribution in [0.25, 0.3) is 0 Å². The van der Waals surface area contributed by atoms with Gasteiger partial charge in [-0.1, -0.05) is 6.07 Å². The van der Waals surface area contributed by atoms with E-state index in [0.29, 0.717) is 18.2 Å². The Kier molecular flexibility index (Phi) is 4.89. The Morgan fingerprint density at radius 3 is 3.05 bits per heavy atom. The summed E-state index contributed by atoms with van der Waals surface area (Å²) < 4.78 is 13.1. The lowest BCUT2D eigenvalue weighted by Crippen LogP contribution is -2.32. The lowest BCUT2D eigenvalue weighted by Gasteiger charge is -2.27. The molecule has 0 amide bonds. The molecule has 0 aromatic heterocycles. The van der Waals surface area contributed by atoms with E-state index < -0.39 is 0 Å². The Morgan fingerprint density at radius 1 is 1.42 bits per heavy atom. The third-order valence-corrected chi connectivity index (χ3v) is 3.78. The van der Waals surface area contributed by atoms with E-state index in [2.05, 4.69) is 23.3 Å². The number of rotatable bonds is 3. The highest BCUT2D eigenvalue weighted by molar-refractivity contribution is 5.37. The zero-order chi connectivity index (χ0) is 13.7. The van der Waals surface area contributed by atoms with Gasteiger partial charge in [-0.25, -0.2) is 4.39 Å². The molecule has 1 fully saturated rings. The number of nitrogens with one attached hydrogen (secondary N) is 1. The molecule has 1 aromatic rings. The Bertz CT molecular complexity index is 459. The monoisotopic (exact) mass is 261 g/mol. The van der Waals surface area contributed by atoms with Crippen LogP contribution in [0.3, 0.4) is 0 Å². The second-order valence-electron chi connectivity index (χ2n) is 5.16. The third kappa shape index (κ3) is 3.76. The van der Waals surface area contributed by atoms with Gasteiger partial charge in [-0.15, -0.1) is 0 Å². The van der Waals surface area contributed by atoms with Crippen molar-refractivity contribution in [3.63, 3.8) is 0 Å². The van der Waals surface area contributed by atoms with Crippen molar-refractivity contribution in [1.82, 2.24) is 10.2 Å².